The molecule has 2 aromatic carbocycles. The second-order valence-corrected chi connectivity index (χ2v) is 7.66. The molecule has 0 fully saturated rings. The van der Waals surface area contributed by atoms with Gasteiger partial charge in [0.1, 0.15) is 17.9 Å². The van der Waals surface area contributed by atoms with Crippen molar-refractivity contribution >= 4 is 32.2 Å². The highest BCUT2D eigenvalue weighted by Gasteiger charge is 2.29. The van der Waals surface area contributed by atoms with E-state index >= 15 is 0 Å². The van der Waals surface area contributed by atoms with Gasteiger partial charge in [-0.05, 0) is 36.2 Å². The highest BCUT2D eigenvalue weighted by molar-refractivity contribution is 7.91. The molecule has 0 unspecified atom stereocenters. The van der Waals surface area contributed by atoms with Gasteiger partial charge >= 0.3 is 0 Å². The van der Waals surface area contributed by atoms with Crippen LogP contribution in [-0.4, -0.2) is 31.2 Å². The molecule has 0 amide bonds. The van der Waals surface area contributed by atoms with E-state index in [2.05, 4.69) is 15.3 Å². The molecule has 24 heavy (non-hydrogen) atoms. The average Bonchev–Trinajstić information content (AvgIpc) is 2.90. The van der Waals surface area contributed by atoms with Gasteiger partial charge in [0.15, 0.2) is 9.84 Å². The predicted molar refractivity (Wildman–Crippen MR) is 91.6 cm³/mol. The number of sulfone groups is 1. The van der Waals surface area contributed by atoms with Crippen molar-refractivity contribution < 1.29 is 13.2 Å². The highest BCUT2D eigenvalue weighted by Crippen LogP contribution is 2.35. The molecule has 2 heterocycles. The number of fused-ring (bicyclic) bond motifs is 3. The SMILES string of the molecule is COc1cccc(Nc2ncnc3ccc4c(c23)CCS4(=O)=O)c1. The van der Waals surface area contributed by atoms with E-state index in [1.54, 1.807) is 19.2 Å². The van der Waals surface area contributed by atoms with Gasteiger partial charge in [0.05, 0.1) is 23.3 Å². The summed E-state index contributed by atoms with van der Waals surface area (Å²) in [5, 5.41) is 4.02. The fourth-order valence-electron chi connectivity index (χ4n) is 3.02. The van der Waals surface area contributed by atoms with Gasteiger partial charge in [-0.1, -0.05) is 6.07 Å². The van der Waals surface area contributed by atoms with Gasteiger partial charge in [-0.3, -0.25) is 0 Å². The van der Waals surface area contributed by atoms with Crippen molar-refractivity contribution in [3.8, 4) is 5.75 Å². The standard InChI is InChI=1S/C17H15N3O3S/c1-23-12-4-2-3-11(9-12)20-17-16-13-7-8-24(21,22)15(13)6-5-14(16)18-10-19-17/h2-6,9-10H,7-8H2,1H3,(H,18,19,20). The van der Waals surface area contributed by atoms with E-state index in [0.29, 0.717) is 17.1 Å². The number of benzene rings is 2. The van der Waals surface area contributed by atoms with Crippen molar-refractivity contribution in [1.82, 2.24) is 9.97 Å². The molecule has 6 nitrogen and oxygen atoms in total. The lowest BCUT2D eigenvalue weighted by atomic mass is 10.1. The van der Waals surface area contributed by atoms with Gasteiger partial charge in [0.2, 0.25) is 0 Å². The fourth-order valence-corrected chi connectivity index (χ4v) is 4.57. The third kappa shape index (κ3) is 2.37. The molecule has 1 aliphatic heterocycles. The Morgan fingerprint density at radius 2 is 2.04 bits per heavy atom. The number of ether oxygens (including phenoxy) is 1. The molecule has 4 rings (SSSR count). The van der Waals surface area contributed by atoms with E-state index in [4.69, 9.17) is 4.74 Å². The Hall–Kier alpha value is -2.67. The number of anilines is 2. The average molecular weight is 341 g/mol. The maximum Gasteiger partial charge on any atom is 0.179 e. The van der Waals surface area contributed by atoms with E-state index in [0.717, 1.165) is 27.9 Å². The molecular formula is C17H15N3O3S. The van der Waals surface area contributed by atoms with Crippen LogP contribution in [0.15, 0.2) is 47.6 Å². The first-order valence-electron chi connectivity index (χ1n) is 7.49. The second-order valence-electron chi connectivity index (χ2n) is 5.58. The summed E-state index contributed by atoms with van der Waals surface area (Å²) in [6.45, 7) is 0. The van der Waals surface area contributed by atoms with Gasteiger partial charge in [-0.15, -0.1) is 0 Å². The maximum atomic E-state index is 12.2. The Morgan fingerprint density at radius 1 is 1.17 bits per heavy atom. The topological polar surface area (TPSA) is 81.2 Å². The molecule has 1 N–H and O–H groups in total. The number of hydrogen-bond donors (Lipinski definition) is 1. The lowest BCUT2D eigenvalue weighted by Crippen LogP contribution is -2.00. The van der Waals surface area contributed by atoms with Gasteiger partial charge in [0, 0.05) is 17.1 Å². The lowest BCUT2D eigenvalue weighted by molar-refractivity contribution is 0.415. The van der Waals surface area contributed by atoms with E-state index < -0.39 is 9.84 Å². The Bertz CT molecular complexity index is 1050. The number of hydrogen-bond acceptors (Lipinski definition) is 6. The molecule has 0 saturated carbocycles. The lowest BCUT2D eigenvalue weighted by Gasteiger charge is -2.12. The summed E-state index contributed by atoms with van der Waals surface area (Å²) in [4.78, 5) is 8.98. The van der Waals surface area contributed by atoms with Gasteiger partial charge in [-0.25, -0.2) is 18.4 Å². The molecule has 0 saturated heterocycles. The highest BCUT2D eigenvalue weighted by atomic mass is 32.2. The molecule has 1 aromatic heterocycles. The molecule has 7 heteroatoms. The zero-order chi connectivity index (χ0) is 16.7. The molecule has 122 valence electrons. The number of rotatable bonds is 3. The zero-order valence-electron chi connectivity index (χ0n) is 13.0. The third-order valence-electron chi connectivity index (χ3n) is 4.16. The minimum absolute atomic E-state index is 0.134. The van der Waals surface area contributed by atoms with Crippen LogP contribution in [0.2, 0.25) is 0 Å². The van der Waals surface area contributed by atoms with E-state index in [9.17, 15) is 8.42 Å². The van der Waals surface area contributed by atoms with Crippen molar-refractivity contribution in [2.75, 3.05) is 18.2 Å². The summed E-state index contributed by atoms with van der Waals surface area (Å²) in [5.41, 5.74) is 2.33. The van der Waals surface area contributed by atoms with Crippen LogP contribution in [0.3, 0.4) is 0 Å². The summed E-state index contributed by atoms with van der Waals surface area (Å²) >= 11 is 0. The summed E-state index contributed by atoms with van der Waals surface area (Å²) in [6, 6.07) is 10.9. The quantitative estimate of drug-likeness (QED) is 0.789. The first kappa shape index (κ1) is 14.9. The van der Waals surface area contributed by atoms with E-state index in [1.807, 2.05) is 24.3 Å². The fraction of sp³-hybridized carbons (Fsp3) is 0.176. The Morgan fingerprint density at radius 3 is 2.88 bits per heavy atom. The van der Waals surface area contributed by atoms with Crippen molar-refractivity contribution in [1.29, 1.82) is 0 Å². The predicted octanol–water partition coefficient (Wildman–Crippen LogP) is 2.71. The van der Waals surface area contributed by atoms with Crippen molar-refractivity contribution in [2.24, 2.45) is 0 Å². The maximum absolute atomic E-state index is 12.2. The first-order chi connectivity index (χ1) is 11.6. The molecule has 0 aliphatic carbocycles. The summed E-state index contributed by atoms with van der Waals surface area (Å²) in [5.74, 6) is 1.46. The van der Waals surface area contributed by atoms with Crippen LogP contribution in [-0.2, 0) is 16.3 Å². The molecular weight excluding hydrogens is 326 g/mol. The molecule has 0 atom stereocenters. The molecule has 0 radical (unpaired) electrons. The van der Waals surface area contributed by atoms with E-state index in [-0.39, 0.29) is 5.75 Å². The molecule has 3 aromatic rings. The first-order valence-corrected chi connectivity index (χ1v) is 9.14. The summed E-state index contributed by atoms with van der Waals surface area (Å²) in [6.07, 6.45) is 1.95. The van der Waals surface area contributed by atoms with Gasteiger partial charge < -0.3 is 10.1 Å². The van der Waals surface area contributed by atoms with Gasteiger partial charge in [0.25, 0.3) is 0 Å². The smallest absolute Gasteiger partial charge is 0.179 e. The number of aryl methyl sites for hydroxylation is 1. The van der Waals surface area contributed by atoms with E-state index in [1.165, 1.54) is 6.33 Å². The Kier molecular flexibility index (Phi) is 3.38. The Labute approximate surface area is 139 Å². The normalized spacial score (nSPS) is 15.2. The van der Waals surface area contributed by atoms with Crippen LogP contribution < -0.4 is 10.1 Å². The largest absolute Gasteiger partial charge is 0.497 e. The van der Waals surface area contributed by atoms with Gasteiger partial charge in [-0.2, -0.15) is 0 Å². The zero-order valence-corrected chi connectivity index (χ0v) is 13.8. The minimum atomic E-state index is -3.20. The third-order valence-corrected chi connectivity index (χ3v) is 5.95. The van der Waals surface area contributed by atoms with Crippen LogP contribution in [0.25, 0.3) is 10.9 Å². The van der Waals surface area contributed by atoms with Crippen LogP contribution >= 0.6 is 0 Å². The van der Waals surface area contributed by atoms with Crippen LogP contribution in [0.5, 0.6) is 5.75 Å². The van der Waals surface area contributed by atoms with Crippen molar-refractivity contribution in [3.63, 3.8) is 0 Å². The molecule has 0 bridgehead atoms. The minimum Gasteiger partial charge on any atom is -0.497 e. The van der Waals surface area contributed by atoms with Crippen molar-refractivity contribution in [2.45, 2.75) is 11.3 Å². The van der Waals surface area contributed by atoms with Crippen LogP contribution in [0, 0.1) is 0 Å². The number of methoxy groups -OCH3 is 1. The summed E-state index contributed by atoms with van der Waals surface area (Å²) < 4.78 is 29.6. The van der Waals surface area contributed by atoms with Crippen LogP contribution in [0.4, 0.5) is 11.5 Å². The second kappa shape index (κ2) is 5.45. The Balaban J connectivity index is 1.88. The number of nitrogens with one attached hydrogen (secondary N) is 1. The monoisotopic (exact) mass is 341 g/mol. The molecule has 0 spiro atoms. The molecule has 1 aliphatic rings. The number of aromatic nitrogens is 2. The summed E-state index contributed by atoms with van der Waals surface area (Å²) in [7, 11) is -1.59. The number of nitrogens with zero attached hydrogens (tertiary/aromatic N) is 2. The van der Waals surface area contributed by atoms with Crippen molar-refractivity contribution in [3.05, 3.63) is 48.3 Å². The van der Waals surface area contributed by atoms with Crippen LogP contribution in [0.1, 0.15) is 5.56 Å².